The first-order chi connectivity index (χ1) is 13.4. The van der Waals surface area contributed by atoms with Crippen molar-refractivity contribution in [2.45, 2.75) is 64.3 Å². The van der Waals surface area contributed by atoms with E-state index in [1.807, 2.05) is 0 Å². The van der Waals surface area contributed by atoms with E-state index in [1.165, 1.54) is 6.92 Å². The SMILES string of the molecule is CCC(C)C(NC(=O)C(CCC(N)=O)NC(=O)CN)C(=O)NC(C(=O)O)C(C)O. The summed E-state index contributed by atoms with van der Waals surface area (Å²) < 4.78 is 0. The number of carboxylic acid groups (broad SMARTS) is 1. The van der Waals surface area contributed by atoms with Gasteiger partial charge >= 0.3 is 5.97 Å². The molecule has 29 heavy (non-hydrogen) atoms. The summed E-state index contributed by atoms with van der Waals surface area (Å²) in [5.74, 6) is -4.71. The van der Waals surface area contributed by atoms with E-state index in [4.69, 9.17) is 16.6 Å². The van der Waals surface area contributed by atoms with Crippen LogP contribution in [0.15, 0.2) is 0 Å². The van der Waals surface area contributed by atoms with Crippen LogP contribution < -0.4 is 27.4 Å². The minimum atomic E-state index is -1.56. The average Bonchev–Trinajstić information content (AvgIpc) is 2.65. The van der Waals surface area contributed by atoms with Crippen molar-refractivity contribution in [3.63, 3.8) is 0 Å². The molecule has 0 aliphatic rings. The molecule has 0 rings (SSSR count). The van der Waals surface area contributed by atoms with E-state index >= 15 is 0 Å². The molecule has 0 aromatic carbocycles. The van der Waals surface area contributed by atoms with Gasteiger partial charge < -0.3 is 37.6 Å². The van der Waals surface area contributed by atoms with Gasteiger partial charge in [-0.1, -0.05) is 20.3 Å². The van der Waals surface area contributed by atoms with E-state index in [9.17, 15) is 29.1 Å². The van der Waals surface area contributed by atoms with Crippen LogP contribution in [0.25, 0.3) is 0 Å². The number of aliphatic hydroxyl groups is 1. The minimum absolute atomic E-state index is 0.104. The zero-order valence-corrected chi connectivity index (χ0v) is 16.8. The number of hydrogen-bond donors (Lipinski definition) is 7. The lowest BCUT2D eigenvalue weighted by atomic mass is 9.97. The fraction of sp³-hybridized carbons (Fsp3) is 0.706. The highest BCUT2D eigenvalue weighted by Gasteiger charge is 2.33. The lowest BCUT2D eigenvalue weighted by molar-refractivity contribution is -0.145. The number of primary amides is 1. The van der Waals surface area contributed by atoms with Crippen molar-refractivity contribution in [2.24, 2.45) is 17.4 Å². The van der Waals surface area contributed by atoms with Crippen molar-refractivity contribution in [3.8, 4) is 0 Å². The molecule has 12 nitrogen and oxygen atoms in total. The van der Waals surface area contributed by atoms with E-state index in [1.54, 1.807) is 13.8 Å². The van der Waals surface area contributed by atoms with Gasteiger partial charge in [0, 0.05) is 6.42 Å². The minimum Gasteiger partial charge on any atom is -0.480 e. The fourth-order valence-corrected chi connectivity index (χ4v) is 2.40. The third-order valence-corrected chi connectivity index (χ3v) is 4.36. The molecule has 0 fully saturated rings. The van der Waals surface area contributed by atoms with Gasteiger partial charge in [0.05, 0.1) is 12.6 Å². The number of hydrogen-bond acceptors (Lipinski definition) is 7. The van der Waals surface area contributed by atoms with Crippen molar-refractivity contribution in [1.82, 2.24) is 16.0 Å². The second-order valence-electron chi connectivity index (χ2n) is 6.77. The van der Waals surface area contributed by atoms with Crippen molar-refractivity contribution < 1.29 is 34.2 Å². The van der Waals surface area contributed by atoms with Gasteiger partial charge in [-0.05, 0) is 19.3 Å². The molecule has 0 radical (unpaired) electrons. The quantitative estimate of drug-likeness (QED) is 0.165. The van der Waals surface area contributed by atoms with Gasteiger partial charge in [-0.15, -0.1) is 0 Å². The number of nitrogens with two attached hydrogens (primary N) is 2. The Hall–Kier alpha value is -2.73. The number of carbonyl (C=O) groups is 5. The number of carbonyl (C=O) groups excluding carboxylic acids is 4. The molecule has 0 aliphatic carbocycles. The molecule has 0 aromatic heterocycles. The Labute approximate surface area is 168 Å². The smallest absolute Gasteiger partial charge is 0.328 e. The van der Waals surface area contributed by atoms with Crippen LogP contribution in [0, 0.1) is 5.92 Å². The van der Waals surface area contributed by atoms with E-state index in [0.29, 0.717) is 6.42 Å². The topological polar surface area (TPSA) is 214 Å². The summed E-state index contributed by atoms with van der Waals surface area (Å²) in [6.07, 6.45) is -1.19. The number of nitrogens with one attached hydrogen (secondary N) is 3. The van der Waals surface area contributed by atoms with Crippen LogP contribution in [0.3, 0.4) is 0 Å². The van der Waals surface area contributed by atoms with Gasteiger partial charge in [-0.25, -0.2) is 4.79 Å². The van der Waals surface area contributed by atoms with E-state index in [2.05, 4.69) is 16.0 Å². The molecule has 0 saturated heterocycles. The fourth-order valence-electron chi connectivity index (χ4n) is 2.40. The molecule has 4 amide bonds. The normalized spacial score (nSPS) is 15.9. The third kappa shape index (κ3) is 9.34. The third-order valence-electron chi connectivity index (χ3n) is 4.36. The number of carboxylic acids is 1. The number of aliphatic carboxylic acids is 1. The molecule has 5 unspecified atom stereocenters. The van der Waals surface area contributed by atoms with Crippen LogP contribution in [-0.4, -0.2) is 70.6 Å². The van der Waals surface area contributed by atoms with Gasteiger partial charge in [-0.3, -0.25) is 19.2 Å². The van der Waals surface area contributed by atoms with Crippen molar-refractivity contribution in [2.75, 3.05) is 6.54 Å². The Morgan fingerprint density at radius 2 is 1.52 bits per heavy atom. The Morgan fingerprint density at radius 1 is 0.966 bits per heavy atom. The molecular weight excluding hydrogens is 386 g/mol. The van der Waals surface area contributed by atoms with Crippen LogP contribution in [0.4, 0.5) is 0 Å². The summed E-state index contributed by atoms with van der Waals surface area (Å²) in [6.45, 7) is 4.25. The highest BCUT2D eigenvalue weighted by molar-refractivity contribution is 5.94. The molecule has 0 aliphatic heterocycles. The average molecular weight is 417 g/mol. The summed E-state index contributed by atoms with van der Waals surface area (Å²) in [5, 5.41) is 25.7. The largest absolute Gasteiger partial charge is 0.480 e. The van der Waals surface area contributed by atoms with E-state index in [0.717, 1.165) is 0 Å². The predicted octanol–water partition coefficient (Wildman–Crippen LogP) is -2.82. The molecule has 0 saturated carbocycles. The maximum absolute atomic E-state index is 12.6. The number of amides is 4. The number of rotatable bonds is 13. The van der Waals surface area contributed by atoms with Crippen LogP contribution in [-0.2, 0) is 24.0 Å². The molecular formula is C17H31N5O7. The second-order valence-corrected chi connectivity index (χ2v) is 6.77. The first kappa shape index (κ1) is 26.3. The zero-order valence-electron chi connectivity index (χ0n) is 16.8. The molecule has 5 atom stereocenters. The maximum Gasteiger partial charge on any atom is 0.328 e. The second kappa shape index (κ2) is 12.7. The van der Waals surface area contributed by atoms with Crippen LogP contribution in [0.5, 0.6) is 0 Å². The summed E-state index contributed by atoms with van der Waals surface area (Å²) in [7, 11) is 0. The standard InChI is InChI=1S/C17H31N5O7/c1-4-8(2)13(16(27)22-14(9(3)23)17(28)29)21-15(26)10(5-6-11(19)24)20-12(25)7-18/h8-10,13-14,23H,4-7,18H2,1-3H3,(H2,19,24)(H,20,25)(H,21,26)(H,22,27)(H,28,29). The highest BCUT2D eigenvalue weighted by Crippen LogP contribution is 2.10. The first-order valence-corrected chi connectivity index (χ1v) is 9.23. The Kier molecular flexibility index (Phi) is 11.5. The lowest BCUT2D eigenvalue weighted by Gasteiger charge is -2.28. The van der Waals surface area contributed by atoms with Gasteiger partial charge in [0.1, 0.15) is 12.1 Å². The Morgan fingerprint density at radius 3 is 1.93 bits per heavy atom. The monoisotopic (exact) mass is 417 g/mol. The van der Waals surface area contributed by atoms with Crippen molar-refractivity contribution in [1.29, 1.82) is 0 Å². The first-order valence-electron chi connectivity index (χ1n) is 9.23. The summed E-state index contributed by atoms with van der Waals surface area (Å²) in [6, 6.07) is -3.86. The summed E-state index contributed by atoms with van der Waals surface area (Å²) >= 11 is 0. The Bertz CT molecular complexity index is 611. The highest BCUT2D eigenvalue weighted by atomic mass is 16.4. The maximum atomic E-state index is 12.6. The molecule has 9 N–H and O–H groups in total. The van der Waals surface area contributed by atoms with Crippen LogP contribution in [0.2, 0.25) is 0 Å². The molecule has 166 valence electrons. The summed E-state index contributed by atoms with van der Waals surface area (Å²) in [4.78, 5) is 59.0. The van der Waals surface area contributed by atoms with E-state index in [-0.39, 0.29) is 19.4 Å². The van der Waals surface area contributed by atoms with Gasteiger partial charge in [-0.2, -0.15) is 0 Å². The van der Waals surface area contributed by atoms with Crippen molar-refractivity contribution in [3.05, 3.63) is 0 Å². The number of aliphatic hydroxyl groups excluding tert-OH is 1. The molecule has 0 bridgehead atoms. The Balaban J connectivity index is 5.45. The van der Waals surface area contributed by atoms with Crippen LogP contribution in [0.1, 0.15) is 40.0 Å². The summed E-state index contributed by atoms with van der Waals surface area (Å²) in [5.41, 5.74) is 10.3. The lowest BCUT2D eigenvalue weighted by Crippen LogP contribution is -2.59. The van der Waals surface area contributed by atoms with Gasteiger partial charge in [0.25, 0.3) is 0 Å². The van der Waals surface area contributed by atoms with E-state index < -0.39 is 59.7 Å². The van der Waals surface area contributed by atoms with Gasteiger partial charge in [0.15, 0.2) is 6.04 Å². The molecule has 0 aromatic rings. The van der Waals surface area contributed by atoms with Gasteiger partial charge in [0.2, 0.25) is 23.6 Å². The molecule has 12 heteroatoms. The molecule has 0 spiro atoms. The van der Waals surface area contributed by atoms with Crippen LogP contribution >= 0.6 is 0 Å². The molecule has 0 heterocycles. The predicted molar refractivity (Wildman–Crippen MR) is 102 cm³/mol. The van der Waals surface area contributed by atoms with Crippen molar-refractivity contribution >= 4 is 29.6 Å². The zero-order chi connectivity index (χ0) is 22.7.